The van der Waals surface area contributed by atoms with Crippen LogP contribution in [0.25, 0.3) is 5.76 Å². The molecule has 0 saturated carbocycles. The third-order valence-electron chi connectivity index (χ3n) is 7.05. The largest absolute Gasteiger partial charge is 0.508 e. The number of rotatable bonds is 4. The third kappa shape index (κ3) is 4.04. The molecule has 3 aliphatic heterocycles. The number of amides is 1. The highest BCUT2D eigenvalue weighted by molar-refractivity contribution is 6.51. The summed E-state index contributed by atoms with van der Waals surface area (Å²) in [6.07, 6.45) is 2.29. The standard InChI is InChI=1S/C29H26N2O6/c32-22-5-3-4-18(16-22)26-25(27(33)19-6-11-23-24(17-19)37-15-14-36-23)28(34)29(35)31(26)21-9-7-20(8-10-21)30-12-1-2-13-30/h3-11,16-17,26,32-33H,1-2,12-15H2/b27-25-. The summed E-state index contributed by atoms with van der Waals surface area (Å²) >= 11 is 0. The minimum absolute atomic E-state index is 0.00759. The third-order valence-corrected chi connectivity index (χ3v) is 7.05. The highest BCUT2D eigenvalue weighted by Crippen LogP contribution is 2.44. The Labute approximate surface area is 214 Å². The minimum atomic E-state index is -0.932. The van der Waals surface area contributed by atoms with Gasteiger partial charge in [-0.05, 0) is 73.0 Å². The Morgan fingerprint density at radius 3 is 2.27 bits per heavy atom. The number of ether oxygens (including phenoxy) is 2. The monoisotopic (exact) mass is 498 g/mol. The number of benzene rings is 3. The first-order valence-corrected chi connectivity index (χ1v) is 12.4. The second-order valence-corrected chi connectivity index (χ2v) is 9.33. The van der Waals surface area contributed by atoms with E-state index in [4.69, 9.17) is 9.47 Å². The maximum atomic E-state index is 13.4. The number of hydrogen-bond acceptors (Lipinski definition) is 7. The Hall–Kier alpha value is -4.46. The fraction of sp³-hybridized carbons (Fsp3) is 0.241. The van der Waals surface area contributed by atoms with Crippen molar-refractivity contribution in [3.8, 4) is 17.2 Å². The number of anilines is 2. The van der Waals surface area contributed by atoms with E-state index >= 15 is 0 Å². The fourth-order valence-corrected chi connectivity index (χ4v) is 5.25. The molecule has 1 amide bonds. The summed E-state index contributed by atoms with van der Waals surface area (Å²) in [5.41, 5.74) is 2.36. The number of carbonyl (C=O) groups is 2. The van der Waals surface area contributed by atoms with Crippen LogP contribution in [-0.4, -0.2) is 48.2 Å². The van der Waals surface area contributed by atoms with Crippen LogP contribution in [0, 0.1) is 0 Å². The molecule has 1 atom stereocenters. The Morgan fingerprint density at radius 1 is 0.838 bits per heavy atom. The second-order valence-electron chi connectivity index (χ2n) is 9.33. The van der Waals surface area contributed by atoms with Crippen molar-refractivity contribution in [2.45, 2.75) is 18.9 Å². The zero-order valence-corrected chi connectivity index (χ0v) is 20.1. The average molecular weight is 499 g/mol. The van der Waals surface area contributed by atoms with Crippen LogP contribution >= 0.6 is 0 Å². The number of carbonyl (C=O) groups excluding carboxylic acids is 2. The molecule has 37 heavy (non-hydrogen) atoms. The van der Waals surface area contributed by atoms with E-state index in [1.165, 1.54) is 17.0 Å². The number of ketones is 1. The maximum absolute atomic E-state index is 13.4. The predicted octanol–water partition coefficient (Wildman–Crippen LogP) is 4.39. The quantitative estimate of drug-likeness (QED) is 0.313. The number of phenols is 1. The van der Waals surface area contributed by atoms with Gasteiger partial charge in [-0.25, -0.2) is 0 Å². The summed E-state index contributed by atoms with van der Waals surface area (Å²) in [4.78, 5) is 30.5. The van der Waals surface area contributed by atoms with E-state index in [0.717, 1.165) is 31.6 Å². The van der Waals surface area contributed by atoms with Crippen molar-refractivity contribution in [1.82, 2.24) is 0 Å². The van der Waals surface area contributed by atoms with Gasteiger partial charge in [0.05, 0.1) is 11.6 Å². The van der Waals surface area contributed by atoms with Crippen LogP contribution in [0.3, 0.4) is 0 Å². The summed E-state index contributed by atoms with van der Waals surface area (Å²) in [6, 6.07) is 17.9. The number of fused-ring (bicyclic) bond motifs is 1. The molecule has 8 heteroatoms. The number of phenolic OH excluding ortho intramolecular Hbond substituents is 1. The first kappa shape index (κ1) is 23.0. The van der Waals surface area contributed by atoms with Crippen molar-refractivity contribution >= 4 is 28.8 Å². The van der Waals surface area contributed by atoms with Gasteiger partial charge >= 0.3 is 0 Å². The molecule has 2 N–H and O–H groups in total. The number of aliphatic hydroxyl groups excluding tert-OH is 1. The molecule has 0 spiro atoms. The van der Waals surface area contributed by atoms with E-state index in [0.29, 0.717) is 41.5 Å². The minimum Gasteiger partial charge on any atom is -0.508 e. The van der Waals surface area contributed by atoms with Crippen molar-refractivity contribution < 1.29 is 29.3 Å². The lowest BCUT2D eigenvalue weighted by Crippen LogP contribution is -2.29. The van der Waals surface area contributed by atoms with E-state index in [2.05, 4.69) is 4.90 Å². The van der Waals surface area contributed by atoms with Crippen LogP contribution in [0.2, 0.25) is 0 Å². The molecule has 2 saturated heterocycles. The molecule has 8 nitrogen and oxygen atoms in total. The zero-order chi connectivity index (χ0) is 25.5. The molecule has 2 fully saturated rings. The van der Waals surface area contributed by atoms with Crippen molar-refractivity contribution in [2.24, 2.45) is 0 Å². The van der Waals surface area contributed by atoms with E-state index < -0.39 is 17.7 Å². The van der Waals surface area contributed by atoms with Crippen LogP contribution in [0.15, 0.2) is 72.3 Å². The van der Waals surface area contributed by atoms with Crippen molar-refractivity contribution in [2.75, 3.05) is 36.1 Å². The first-order valence-electron chi connectivity index (χ1n) is 12.4. The Bertz CT molecular complexity index is 1410. The molecule has 3 aromatic rings. The van der Waals surface area contributed by atoms with E-state index in [1.807, 2.05) is 24.3 Å². The topological polar surface area (TPSA) is 99.5 Å². The molecule has 0 aliphatic carbocycles. The number of aromatic hydroxyl groups is 1. The summed E-state index contributed by atoms with van der Waals surface area (Å²) in [6.45, 7) is 2.78. The average Bonchev–Trinajstić information content (AvgIpc) is 3.55. The van der Waals surface area contributed by atoms with Crippen LogP contribution in [0.1, 0.15) is 30.0 Å². The molecule has 0 aromatic heterocycles. The molecule has 1 unspecified atom stereocenters. The highest BCUT2D eigenvalue weighted by atomic mass is 16.6. The Kier molecular flexibility index (Phi) is 5.71. The van der Waals surface area contributed by atoms with Crippen LogP contribution < -0.4 is 19.3 Å². The lowest BCUT2D eigenvalue weighted by Gasteiger charge is -2.26. The molecular formula is C29H26N2O6. The first-order chi connectivity index (χ1) is 18.0. The molecule has 3 aromatic carbocycles. The number of aliphatic hydroxyl groups is 1. The Morgan fingerprint density at radius 2 is 1.54 bits per heavy atom. The normalized spacial score (nSPS) is 20.5. The van der Waals surface area contributed by atoms with Gasteiger partial charge < -0.3 is 24.6 Å². The molecule has 6 rings (SSSR count). The van der Waals surface area contributed by atoms with Crippen molar-refractivity contribution in [1.29, 1.82) is 0 Å². The van der Waals surface area contributed by atoms with Gasteiger partial charge in [-0.15, -0.1) is 0 Å². The molecular weight excluding hydrogens is 472 g/mol. The Balaban J connectivity index is 1.46. The lowest BCUT2D eigenvalue weighted by atomic mass is 9.94. The second kappa shape index (κ2) is 9.20. The van der Waals surface area contributed by atoms with Crippen LogP contribution in [-0.2, 0) is 9.59 Å². The molecule has 0 radical (unpaired) electrons. The van der Waals surface area contributed by atoms with Crippen LogP contribution in [0.4, 0.5) is 11.4 Å². The smallest absolute Gasteiger partial charge is 0.300 e. The number of hydrogen-bond donors (Lipinski definition) is 2. The number of Topliss-reactive ketones (excluding diaryl/α,β-unsaturated/α-hetero) is 1. The molecule has 188 valence electrons. The van der Waals surface area contributed by atoms with Crippen molar-refractivity contribution in [3.05, 3.63) is 83.4 Å². The van der Waals surface area contributed by atoms with E-state index in [1.54, 1.807) is 30.3 Å². The fourth-order valence-electron chi connectivity index (χ4n) is 5.25. The SMILES string of the molecule is O=C1C(=O)N(c2ccc(N3CCCC3)cc2)C(c2cccc(O)c2)/C1=C(/O)c1ccc2c(c1)OCCO2. The number of nitrogens with zero attached hydrogens (tertiary/aromatic N) is 2. The van der Waals surface area contributed by atoms with E-state index in [-0.39, 0.29) is 17.1 Å². The zero-order valence-electron chi connectivity index (χ0n) is 20.1. The molecule has 3 heterocycles. The van der Waals surface area contributed by atoms with Gasteiger partial charge in [-0.1, -0.05) is 12.1 Å². The highest BCUT2D eigenvalue weighted by Gasteiger charge is 2.47. The van der Waals surface area contributed by atoms with Gasteiger partial charge in [0.25, 0.3) is 11.7 Å². The van der Waals surface area contributed by atoms with Crippen LogP contribution in [0.5, 0.6) is 17.2 Å². The van der Waals surface area contributed by atoms with Gasteiger partial charge in [0.15, 0.2) is 11.5 Å². The van der Waals surface area contributed by atoms with Gasteiger partial charge in [0, 0.05) is 30.0 Å². The maximum Gasteiger partial charge on any atom is 0.300 e. The summed E-state index contributed by atoms with van der Waals surface area (Å²) in [7, 11) is 0. The van der Waals surface area contributed by atoms with Crippen molar-refractivity contribution in [3.63, 3.8) is 0 Å². The van der Waals surface area contributed by atoms with Gasteiger partial charge in [-0.2, -0.15) is 0 Å². The van der Waals surface area contributed by atoms with Gasteiger partial charge in [0.2, 0.25) is 0 Å². The van der Waals surface area contributed by atoms with E-state index in [9.17, 15) is 19.8 Å². The van der Waals surface area contributed by atoms with Gasteiger partial charge in [-0.3, -0.25) is 14.5 Å². The lowest BCUT2D eigenvalue weighted by molar-refractivity contribution is -0.132. The molecule has 3 aliphatic rings. The van der Waals surface area contributed by atoms with Gasteiger partial charge in [0.1, 0.15) is 24.7 Å². The summed E-state index contributed by atoms with van der Waals surface area (Å²) < 4.78 is 11.2. The molecule has 0 bridgehead atoms. The summed E-state index contributed by atoms with van der Waals surface area (Å²) in [5.74, 6) is -0.876. The summed E-state index contributed by atoms with van der Waals surface area (Å²) in [5, 5.41) is 21.6. The predicted molar refractivity (Wildman–Crippen MR) is 138 cm³/mol.